The number of amides is 3. The van der Waals surface area contributed by atoms with Gasteiger partial charge in [0.2, 0.25) is 0 Å². The maximum absolute atomic E-state index is 12.8. The first kappa shape index (κ1) is 23.1. The van der Waals surface area contributed by atoms with E-state index in [9.17, 15) is 14.4 Å². The fourth-order valence-electron chi connectivity index (χ4n) is 3.33. The molecule has 0 aromatic heterocycles. The molecule has 1 saturated heterocycles. The summed E-state index contributed by atoms with van der Waals surface area (Å²) in [6.07, 6.45) is -0.547. The lowest BCUT2D eigenvalue weighted by Crippen LogP contribution is -2.50. The highest BCUT2D eigenvalue weighted by Crippen LogP contribution is 2.17. The number of carbonyl (C=O) groups is 3. The van der Waals surface area contributed by atoms with E-state index in [-0.39, 0.29) is 11.8 Å². The molecular weight excluding hydrogens is 410 g/mol. The summed E-state index contributed by atoms with van der Waals surface area (Å²) in [7, 11) is 1.58. The van der Waals surface area contributed by atoms with Gasteiger partial charge in [0.15, 0.2) is 0 Å². The molecule has 0 spiro atoms. The van der Waals surface area contributed by atoms with Gasteiger partial charge >= 0.3 is 6.09 Å². The van der Waals surface area contributed by atoms with Gasteiger partial charge in [-0.05, 0) is 69.3 Å². The molecule has 0 saturated carbocycles. The quantitative estimate of drug-likeness (QED) is 0.786. The highest BCUT2D eigenvalue weighted by Gasteiger charge is 2.25. The van der Waals surface area contributed by atoms with E-state index < -0.39 is 11.7 Å². The van der Waals surface area contributed by atoms with Crippen LogP contribution in [0.25, 0.3) is 0 Å². The first-order valence-corrected chi connectivity index (χ1v) is 10.5. The second kappa shape index (κ2) is 9.72. The van der Waals surface area contributed by atoms with E-state index in [1.807, 2.05) is 0 Å². The van der Waals surface area contributed by atoms with Gasteiger partial charge in [-0.2, -0.15) is 0 Å². The zero-order valence-electron chi connectivity index (χ0n) is 18.9. The van der Waals surface area contributed by atoms with Crippen LogP contribution in [0.15, 0.2) is 48.5 Å². The molecular formula is C24H29N3O5. The van der Waals surface area contributed by atoms with Crippen molar-refractivity contribution in [3.63, 3.8) is 0 Å². The van der Waals surface area contributed by atoms with Crippen LogP contribution < -0.4 is 10.1 Å². The van der Waals surface area contributed by atoms with Gasteiger partial charge < -0.3 is 19.3 Å². The second-order valence-electron chi connectivity index (χ2n) is 8.52. The summed E-state index contributed by atoms with van der Waals surface area (Å²) >= 11 is 0. The van der Waals surface area contributed by atoms with Crippen molar-refractivity contribution in [2.24, 2.45) is 0 Å². The molecule has 0 radical (unpaired) electrons. The molecule has 2 aromatic carbocycles. The van der Waals surface area contributed by atoms with Crippen molar-refractivity contribution in [2.75, 3.05) is 38.6 Å². The van der Waals surface area contributed by atoms with Crippen molar-refractivity contribution < 1.29 is 23.9 Å². The number of nitrogens with zero attached hydrogens (tertiary/aromatic N) is 2. The number of hydrogen-bond donors (Lipinski definition) is 1. The zero-order chi connectivity index (χ0) is 23.3. The normalized spacial score (nSPS) is 14.0. The lowest BCUT2D eigenvalue weighted by Gasteiger charge is -2.35. The van der Waals surface area contributed by atoms with Crippen molar-refractivity contribution in [3.05, 3.63) is 59.7 Å². The zero-order valence-corrected chi connectivity index (χ0v) is 18.9. The maximum atomic E-state index is 12.8. The summed E-state index contributed by atoms with van der Waals surface area (Å²) in [4.78, 5) is 40.9. The first-order valence-electron chi connectivity index (χ1n) is 10.5. The maximum Gasteiger partial charge on any atom is 0.412 e. The molecule has 1 N–H and O–H groups in total. The average molecular weight is 440 g/mol. The SMILES string of the molecule is COc1ccc(C(=O)N2CCN(C(=O)c3ccc(NC(=O)OC(C)(C)C)cc3)CC2)cc1. The molecule has 0 unspecified atom stereocenters. The summed E-state index contributed by atoms with van der Waals surface area (Å²) in [5.41, 5.74) is 1.08. The molecule has 2 aromatic rings. The third-order valence-electron chi connectivity index (χ3n) is 4.97. The van der Waals surface area contributed by atoms with Crippen LogP contribution in [0.2, 0.25) is 0 Å². The number of benzene rings is 2. The number of anilines is 1. The molecule has 0 aliphatic carbocycles. The Bertz CT molecular complexity index is 957. The standard InChI is InChI=1S/C24H29N3O5/c1-24(2,3)32-23(30)25-19-9-5-17(6-10-19)21(28)26-13-15-27(16-14-26)22(29)18-7-11-20(31-4)12-8-18/h5-12H,13-16H2,1-4H3,(H,25,30). The number of carbonyl (C=O) groups excluding carboxylic acids is 3. The number of nitrogens with one attached hydrogen (secondary N) is 1. The number of ether oxygens (including phenoxy) is 2. The molecule has 0 atom stereocenters. The lowest BCUT2D eigenvalue weighted by atomic mass is 10.1. The van der Waals surface area contributed by atoms with Gasteiger partial charge in [0.1, 0.15) is 11.4 Å². The van der Waals surface area contributed by atoms with E-state index in [4.69, 9.17) is 9.47 Å². The molecule has 1 aliphatic heterocycles. The van der Waals surface area contributed by atoms with Gasteiger partial charge in [-0.1, -0.05) is 0 Å². The predicted octanol–water partition coefficient (Wildman–Crippen LogP) is 3.64. The van der Waals surface area contributed by atoms with Gasteiger partial charge in [0.05, 0.1) is 7.11 Å². The summed E-state index contributed by atoms with van der Waals surface area (Å²) < 4.78 is 10.3. The Morgan fingerprint density at radius 2 is 1.22 bits per heavy atom. The minimum atomic E-state index is -0.586. The summed E-state index contributed by atoms with van der Waals surface area (Å²) in [5.74, 6) is 0.534. The largest absolute Gasteiger partial charge is 0.497 e. The monoisotopic (exact) mass is 439 g/mol. The molecule has 3 amide bonds. The number of methoxy groups -OCH3 is 1. The third-order valence-corrected chi connectivity index (χ3v) is 4.97. The molecule has 32 heavy (non-hydrogen) atoms. The molecule has 1 heterocycles. The van der Waals surface area contributed by atoms with E-state index in [1.54, 1.807) is 86.2 Å². The van der Waals surface area contributed by atoms with Crippen LogP contribution in [0.3, 0.4) is 0 Å². The highest BCUT2D eigenvalue weighted by atomic mass is 16.6. The Labute approximate surface area is 188 Å². The Morgan fingerprint density at radius 1 is 0.781 bits per heavy atom. The van der Waals surface area contributed by atoms with Gasteiger partial charge in [-0.25, -0.2) is 4.79 Å². The van der Waals surface area contributed by atoms with Crippen LogP contribution in [-0.4, -0.2) is 66.6 Å². The number of piperazine rings is 1. The van der Waals surface area contributed by atoms with E-state index in [2.05, 4.69) is 5.32 Å². The topological polar surface area (TPSA) is 88.2 Å². The molecule has 8 nitrogen and oxygen atoms in total. The Morgan fingerprint density at radius 3 is 1.62 bits per heavy atom. The second-order valence-corrected chi connectivity index (χ2v) is 8.52. The minimum Gasteiger partial charge on any atom is -0.497 e. The Balaban J connectivity index is 1.53. The molecule has 1 fully saturated rings. The van der Waals surface area contributed by atoms with Crippen LogP contribution in [0.5, 0.6) is 5.75 Å². The van der Waals surface area contributed by atoms with Crippen molar-refractivity contribution in [3.8, 4) is 5.75 Å². The fourth-order valence-corrected chi connectivity index (χ4v) is 3.33. The van der Waals surface area contributed by atoms with Crippen LogP contribution in [0.1, 0.15) is 41.5 Å². The van der Waals surface area contributed by atoms with Crippen molar-refractivity contribution in [1.29, 1.82) is 0 Å². The first-order chi connectivity index (χ1) is 15.2. The van der Waals surface area contributed by atoms with Gasteiger partial charge in [0, 0.05) is 43.0 Å². The Hall–Kier alpha value is -3.55. The van der Waals surface area contributed by atoms with E-state index in [1.165, 1.54) is 0 Å². The molecule has 0 bridgehead atoms. The highest BCUT2D eigenvalue weighted by molar-refractivity contribution is 5.96. The van der Waals surface area contributed by atoms with Gasteiger partial charge in [-0.15, -0.1) is 0 Å². The summed E-state index contributed by atoms with van der Waals surface area (Å²) in [6.45, 7) is 7.22. The van der Waals surface area contributed by atoms with E-state index in [0.29, 0.717) is 48.7 Å². The predicted molar refractivity (Wildman–Crippen MR) is 121 cm³/mol. The summed E-state index contributed by atoms with van der Waals surface area (Å²) in [6, 6.07) is 13.7. The smallest absolute Gasteiger partial charge is 0.412 e. The molecule has 8 heteroatoms. The molecule has 3 rings (SSSR count). The molecule has 170 valence electrons. The van der Waals surface area contributed by atoms with Gasteiger partial charge in [-0.3, -0.25) is 14.9 Å². The fraction of sp³-hybridized carbons (Fsp3) is 0.375. The van der Waals surface area contributed by atoms with Gasteiger partial charge in [0.25, 0.3) is 11.8 Å². The van der Waals surface area contributed by atoms with E-state index >= 15 is 0 Å². The summed E-state index contributed by atoms with van der Waals surface area (Å²) in [5, 5.41) is 2.65. The van der Waals surface area contributed by atoms with E-state index in [0.717, 1.165) is 0 Å². The van der Waals surface area contributed by atoms with Crippen LogP contribution in [0.4, 0.5) is 10.5 Å². The number of rotatable bonds is 4. The minimum absolute atomic E-state index is 0.0580. The van der Waals surface area contributed by atoms with Crippen LogP contribution in [0, 0.1) is 0 Å². The van der Waals surface area contributed by atoms with Crippen LogP contribution >= 0.6 is 0 Å². The molecule has 1 aliphatic rings. The lowest BCUT2D eigenvalue weighted by molar-refractivity contribution is 0.0535. The Kier molecular flexibility index (Phi) is 7.02. The van der Waals surface area contributed by atoms with Crippen molar-refractivity contribution in [1.82, 2.24) is 9.80 Å². The van der Waals surface area contributed by atoms with Crippen molar-refractivity contribution >= 4 is 23.6 Å². The number of hydrogen-bond acceptors (Lipinski definition) is 5. The average Bonchev–Trinajstić information content (AvgIpc) is 2.77. The third kappa shape index (κ3) is 6.00. The van der Waals surface area contributed by atoms with Crippen LogP contribution in [-0.2, 0) is 4.74 Å². The van der Waals surface area contributed by atoms with Crippen molar-refractivity contribution in [2.45, 2.75) is 26.4 Å².